The quantitative estimate of drug-likeness (QED) is 0.0297. The molecule has 2 amide bonds. The summed E-state index contributed by atoms with van der Waals surface area (Å²) in [5.41, 5.74) is 38.2. The van der Waals surface area contributed by atoms with Crippen LogP contribution in [-0.2, 0) is 73.8 Å². The predicted molar refractivity (Wildman–Crippen MR) is 287 cm³/mol. The van der Waals surface area contributed by atoms with Gasteiger partial charge in [0.15, 0.2) is 18.9 Å². The van der Waals surface area contributed by atoms with Crippen molar-refractivity contribution in [2.75, 3.05) is 26.7 Å². The van der Waals surface area contributed by atoms with E-state index in [9.17, 15) is 46.2 Å². The summed E-state index contributed by atoms with van der Waals surface area (Å²) in [5.74, 6) is 0. The summed E-state index contributed by atoms with van der Waals surface area (Å²) >= 11 is 0. The maximum absolute atomic E-state index is 14.2. The standard InChI is InChI=1S/C54H66N12O17/c1-66(54(73)77-29-33-20-12-5-13-21-33)24-37-35(74-26-30-14-6-2-7-15-30)22-34(61-64-57)50(79-37)82-48-41(60-53(72)76-28-32-18-10-4-11-19-32)47(75-27-31-16-8-3-9-17-31)39(55)43(69)49(48)83-52-45(71)46(38(25-67)80-52)81-51-40(62-65-58)44(70)42(68)36(78-51)23-59-63-56/h2-21,34-52,67-71H,22-29,55H2,1H3,(H,60,72)/t34-,35+,36+,37-,38-,39+,40-,41+,42-,43+,44-,45-,46-,47-,48-,49-,50-,51-,52+/m1/s1. The Hall–Kier alpha value is -7.21. The van der Waals surface area contributed by atoms with Crippen LogP contribution in [0.25, 0.3) is 31.3 Å². The minimum Gasteiger partial charge on any atom is -0.445 e. The first-order chi connectivity index (χ1) is 40.3. The number of likely N-dealkylation sites (N-methyl/N-ethyl adjacent to an activating group) is 1. The molecule has 4 aromatic rings. The third-order valence-corrected chi connectivity index (χ3v) is 14.4. The van der Waals surface area contributed by atoms with Gasteiger partial charge in [0.1, 0.15) is 68.1 Å². The zero-order valence-electron chi connectivity index (χ0n) is 44.9. The molecule has 8 N–H and O–H groups in total. The van der Waals surface area contributed by atoms with Crippen LogP contribution in [0.3, 0.4) is 0 Å². The van der Waals surface area contributed by atoms with E-state index in [2.05, 4.69) is 35.4 Å². The summed E-state index contributed by atoms with van der Waals surface area (Å²) in [6, 6.07) is 30.1. The molecule has 29 heteroatoms. The van der Waals surface area contributed by atoms with Crippen LogP contribution in [0.2, 0.25) is 0 Å². The maximum Gasteiger partial charge on any atom is 0.409 e. The number of nitrogens with one attached hydrogen (secondary N) is 1. The van der Waals surface area contributed by atoms with Crippen molar-refractivity contribution >= 4 is 12.2 Å². The van der Waals surface area contributed by atoms with Crippen molar-refractivity contribution in [1.29, 1.82) is 0 Å². The second-order valence-corrected chi connectivity index (χ2v) is 20.0. The minimum atomic E-state index is -1.94. The lowest BCUT2D eigenvalue weighted by atomic mass is 9.81. The zero-order chi connectivity index (χ0) is 58.8. The molecule has 4 aromatic carbocycles. The lowest BCUT2D eigenvalue weighted by molar-refractivity contribution is -0.308. The molecule has 4 aliphatic rings. The van der Waals surface area contributed by atoms with Gasteiger partial charge in [-0.15, -0.1) is 0 Å². The van der Waals surface area contributed by atoms with E-state index in [0.29, 0.717) is 11.1 Å². The molecule has 4 fully saturated rings. The predicted octanol–water partition coefficient (Wildman–Crippen LogP) is 3.89. The number of carbonyl (C=O) groups excluding carboxylic acids is 2. The number of ether oxygens (including phenoxy) is 10. The zero-order valence-corrected chi connectivity index (χ0v) is 44.9. The van der Waals surface area contributed by atoms with Crippen molar-refractivity contribution in [1.82, 2.24) is 10.2 Å². The number of amides is 2. The topological polar surface area (TPSA) is 415 Å². The fourth-order valence-corrected chi connectivity index (χ4v) is 10.1. The van der Waals surface area contributed by atoms with Gasteiger partial charge in [0, 0.05) is 21.8 Å². The Labute approximate surface area is 475 Å². The van der Waals surface area contributed by atoms with Gasteiger partial charge in [-0.25, -0.2) is 9.59 Å². The number of aliphatic hydroxyl groups is 5. The van der Waals surface area contributed by atoms with E-state index in [1.807, 2.05) is 36.4 Å². The molecule has 0 spiro atoms. The van der Waals surface area contributed by atoms with Gasteiger partial charge in [0.2, 0.25) is 0 Å². The maximum atomic E-state index is 14.2. The van der Waals surface area contributed by atoms with Crippen LogP contribution in [0.4, 0.5) is 9.59 Å². The lowest BCUT2D eigenvalue weighted by Gasteiger charge is -2.50. The van der Waals surface area contributed by atoms with E-state index in [1.54, 1.807) is 84.9 Å². The highest BCUT2D eigenvalue weighted by Crippen LogP contribution is 2.38. The highest BCUT2D eigenvalue weighted by atomic mass is 16.8. The number of nitrogens with two attached hydrogens (primary N) is 1. The summed E-state index contributed by atoms with van der Waals surface area (Å²) in [5, 5.41) is 70.8. The molecular weight excluding hydrogens is 1090 g/mol. The Kier molecular flexibility index (Phi) is 22.6. The molecule has 1 aliphatic carbocycles. The average molecular weight is 1160 g/mol. The number of aliphatic hydroxyl groups excluding tert-OH is 5. The minimum absolute atomic E-state index is 0.0417. The number of hydrogen-bond donors (Lipinski definition) is 7. The Bertz CT molecular complexity index is 2830. The summed E-state index contributed by atoms with van der Waals surface area (Å²) in [7, 11) is 1.49. The number of rotatable bonds is 24. The Morgan fingerprint density at radius 1 is 0.614 bits per heavy atom. The molecule has 0 bridgehead atoms. The fourth-order valence-electron chi connectivity index (χ4n) is 10.1. The molecule has 8 rings (SSSR count). The first kappa shape index (κ1) is 61.9. The van der Waals surface area contributed by atoms with Crippen LogP contribution in [-0.4, -0.2) is 186 Å². The van der Waals surface area contributed by atoms with Crippen molar-refractivity contribution < 1.29 is 82.5 Å². The Morgan fingerprint density at radius 3 is 1.72 bits per heavy atom. The van der Waals surface area contributed by atoms with E-state index in [1.165, 1.54) is 11.9 Å². The first-order valence-corrected chi connectivity index (χ1v) is 26.6. The molecule has 3 saturated heterocycles. The van der Waals surface area contributed by atoms with Gasteiger partial charge in [-0.1, -0.05) is 137 Å². The van der Waals surface area contributed by atoms with Crippen LogP contribution in [0, 0.1) is 0 Å². The monoisotopic (exact) mass is 1150 g/mol. The number of alkyl carbamates (subject to hydrolysis) is 1. The van der Waals surface area contributed by atoms with E-state index in [-0.39, 0.29) is 39.4 Å². The number of hydrogen-bond acceptors (Lipinski definition) is 21. The second-order valence-electron chi connectivity index (χ2n) is 20.0. The fraction of sp³-hybridized carbons (Fsp3) is 0.519. The molecular formula is C54H66N12O17. The summed E-state index contributed by atoms with van der Waals surface area (Å²) in [6.45, 7) is -1.83. The Morgan fingerprint density at radius 2 is 1.14 bits per heavy atom. The smallest absolute Gasteiger partial charge is 0.409 e. The number of benzene rings is 4. The van der Waals surface area contributed by atoms with Crippen molar-refractivity contribution in [2.24, 2.45) is 21.1 Å². The van der Waals surface area contributed by atoms with E-state index >= 15 is 0 Å². The molecule has 0 radical (unpaired) electrons. The number of nitrogens with zero attached hydrogens (tertiary/aromatic N) is 10. The summed E-state index contributed by atoms with van der Waals surface area (Å²) in [4.78, 5) is 37.6. The second kappa shape index (κ2) is 30.4. The normalized spacial score (nSPS) is 32.2. The largest absolute Gasteiger partial charge is 0.445 e. The van der Waals surface area contributed by atoms with E-state index in [0.717, 1.165) is 11.1 Å². The van der Waals surface area contributed by atoms with Crippen LogP contribution < -0.4 is 11.1 Å². The van der Waals surface area contributed by atoms with Crippen molar-refractivity contribution in [2.45, 2.75) is 149 Å². The third kappa shape index (κ3) is 16.1. The highest BCUT2D eigenvalue weighted by Gasteiger charge is 2.58. The van der Waals surface area contributed by atoms with Gasteiger partial charge in [-0.3, -0.25) is 0 Å². The van der Waals surface area contributed by atoms with Crippen LogP contribution >= 0.6 is 0 Å². The van der Waals surface area contributed by atoms with Gasteiger partial charge in [0.25, 0.3) is 0 Å². The third-order valence-electron chi connectivity index (χ3n) is 14.4. The van der Waals surface area contributed by atoms with Gasteiger partial charge in [-0.05, 0) is 45.3 Å². The number of carbonyl (C=O) groups is 2. The van der Waals surface area contributed by atoms with Gasteiger partial charge >= 0.3 is 12.2 Å². The molecule has 3 heterocycles. The van der Waals surface area contributed by atoms with Crippen molar-refractivity contribution in [3.05, 3.63) is 175 Å². The number of azide groups is 3. The van der Waals surface area contributed by atoms with Crippen LogP contribution in [0.5, 0.6) is 0 Å². The molecule has 1 saturated carbocycles. The Balaban J connectivity index is 1.14. The SMILES string of the molecule is CN(C[C@H]1O[C@H](O[C@@H]2[C@@H](NC(=O)OCc3ccccc3)[C@H](OCc3ccccc3)[C@@H](N)[C@H](O)[C@H]2O[C@@H]2O[C@H](CO)[C@@H](O[C@H]3O[C@@H](CN=[N+]=[N-])[C@@H](O)[C@H](O)[C@H]3N=[N+]=[N-])[C@H]2O)[C@H](N=[N+]=[N-])C[C@@H]1OCc1ccccc1)C(=O)OCc1ccccc1. The molecule has 0 unspecified atom stereocenters. The first-order valence-electron chi connectivity index (χ1n) is 26.6. The summed E-state index contributed by atoms with van der Waals surface area (Å²) < 4.78 is 62.3. The molecule has 0 aromatic heterocycles. The molecule has 19 atom stereocenters. The van der Waals surface area contributed by atoms with Gasteiger partial charge in [-0.2, -0.15) is 0 Å². The molecule has 83 heavy (non-hydrogen) atoms. The summed E-state index contributed by atoms with van der Waals surface area (Å²) in [6.07, 6.45) is -25.7. The van der Waals surface area contributed by atoms with Crippen molar-refractivity contribution in [3.63, 3.8) is 0 Å². The van der Waals surface area contributed by atoms with Gasteiger partial charge in [0.05, 0.1) is 75.5 Å². The van der Waals surface area contributed by atoms with Crippen LogP contribution in [0.15, 0.2) is 137 Å². The highest BCUT2D eigenvalue weighted by molar-refractivity contribution is 5.68. The van der Waals surface area contributed by atoms with E-state index < -0.39 is 142 Å². The molecule has 3 aliphatic heterocycles. The van der Waals surface area contributed by atoms with Crippen LogP contribution in [0.1, 0.15) is 28.7 Å². The lowest BCUT2D eigenvalue weighted by Crippen LogP contribution is -2.73. The molecule has 29 nitrogen and oxygen atoms in total. The average Bonchev–Trinajstić information content (AvgIpc) is 4.00. The van der Waals surface area contributed by atoms with E-state index in [4.69, 9.17) is 58.6 Å². The molecule has 444 valence electrons. The van der Waals surface area contributed by atoms with Gasteiger partial charge < -0.3 is 88.9 Å². The van der Waals surface area contributed by atoms with Crippen molar-refractivity contribution in [3.8, 4) is 0 Å².